The van der Waals surface area contributed by atoms with Crippen LogP contribution in [0.2, 0.25) is 30.2 Å². The molecule has 796 valence electrons. The van der Waals surface area contributed by atoms with Gasteiger partial charge in [0.2, 0.25) is 6.04 Å². The van der Waals surface area contributed by atoms with Gasteiger partial charge in [-0.05, 0) is 178 Å². The van der Waals surface area contributed by atoms with E-state index < -0.39 is 92.1 Å². The number of H-pyrrole nitrogens is 3. The van der Waals surface area contributed by atoms with Crippen LogP contribution in [0.25, 0.3) is 15.3 Å². The Balaban J connectivity index is 0.000000643. The first-order chi connectivity index (χ1) is 68.9. The SMILES string of the molecule is CC(C)CN(CC(C)C)c1ccc(C(C)c2nn[nH]n2)cc1NC(=O)Nc1ccc(F)cc1F.CC(C)CN(CC(C)C)c1ccc(C(C)c2nn[nH]n2)cc1NC(=O)Nc1ccc(F)cc1F.CC(C)CN(CC(C)C)c1ccc(C(C)c2nn[nH]n2)cc1NC(=O)Nc1ccc(F)cc1F.C[CH2][Al]([Cl])[CH2]C.C[Si](C)(C)N=[N+]=[N-].[C-]#[N+]C(C)c1ccc(N(CC(C)C)CC(C)C)c(NC(=O)Nc2ccc(F)cc2F)c1.[HH].[HH].[HH].[HH]. The first-order valence-corrected chi connectivity index (χ1v) is 55.7. The van der Waals surface area contributed by atoms with Crippen LogP contribution in [-0.4, -0.2) is 160 Å². The zero-order chi connectivity index (χ0) is 109. The first kappa shape index (κ1) is 121. The summed E-state index contributed by atoms with van der Waals surface area (Å²) in [6.07, 6.45) is 0. The number of urea groups is 4. The number of azide groups is 1. The summed E-state index contributed by atoms with van der Waals surface area (Å²) in [5, 5.41) is 66.2. The van der Waals surface area contributed by atoms with Crippen LogP contribution in [0, 0.1) is 100 Å². The molecule has 8 amide bonds. The summed E-state index contributed by atoms with van der Waals surface area (Å²) in [7, 11) is 4.34. The summed E-state index contributed by atoms with van der Waals surface area (Å²) in [5.41, 5.74) is 16.4. The maximum absolute atomic E-state index is 14.1. The normalized spacial score (nSPS) is 11.8. The molecule has 0 saturated heterocycles. The van der Waals surface area contributed by atoms with Crippen molar-refractivity contribution in [3.05, 3.63) is 254 Å². The van der Waals surface area contributed by atoms with Crippen LogP contribution < -0.4 is 62.1 Å². The minimum Gasteiger partial charge on any atom is -0.369 e. The summed E-state index contributed by atoms with van der Waals surface area (Å²) in [4.78, 5) is 66.2. The highest BCUT2D eigenvalue weighted by Crippen LogP contribution is 2.39. The van der Waals surface area contributed by atoms with Gasteiger partial charge in [0.25, 0.3) is 0 Å². The Kier molecular flexibility index (Phi) is 49.7. The van der Waals surface area contributed by atoms with Crippen molar-refractivity contribution in [2.45, 2.75) is 206 Å². The van der Waals surface area contributed by atoms with E-state index in [0.29, 0.717) is 93.6 Å². The van der Waals surface area contributed by atoms with Crippen LogP contribution in [0.5, 0.6) is 0 Å². The lowest BCUT2D eigenvalue weighted by atomic mass is 9.98. The highest BCUT2D eigenvalue weighted by Gasteiger charge is 2.28. The van der Waals surface area contributed by atoms with Crippen molar-refractivity contribution in [3.63, 3.8) is 0 Å². The number of carbonyl (C=O) groups is 4. The second kappa shape index (κ2) is 59.8. The van der Waals surface area contributed by atoms with Crippen molar-refractivity contribution in [1.29, 1.82) is 0 Å². The van der Waals surface area contributed by atoms with Crippen molar-refractivity contribution in [1.82, 2.24) is 61.9 Å². The topological polar surface area (TPSA) is 394 Å². The fourth-order valence-electron chi connectivity index (χ4n) is 14.9. The summed E-state index contributed by atoms with van der Waals surface area (Å²) >= 11 is -0.688. The van der Waals surface area contributed by atoms with Crippen molar-refractivity contribution < 1.29 is 60.0 Å². The predicted molar refractivity (Wildman–Crippen MR) is 583 cm³/mol. The molecule has 3 aromatic heterocycles. The van der Waals surface area contributed by atoms with Gasteiger partial charge in [-0.15, -0.1) is 35.4 Å². The van der Waals surface area contributed by atoms with E-state index in [9.17, 15) is 54.3 Å². The van der Waals surface area contributed by atoms with E-state index in [1.54, 1.807) is 13.0 Å². The van der Waals surface area contributed by atoms with Crippen molar-refractivity contribution >= 4 is 124 Å². The molecule has 4 atom stereocenters. The molecule has 11 aromatic rings. The van der Waals surface area contributed by atoms with E-state index in [1.165, 1.54) is 34.8 Å². The standard InChI is InChI=1S/3C24H31F2N7O.C24H30F2N4O.C3H9N3Si.2C2H5.Al.ClH.4H2/c3*1-14(2)12-33(13-15(3)4)22-9-6-17(16(5)23-29-31-32-30-23)10-21(22)28-24(34)27-20-8-7-18(25)11-19(20)26;1-15(2)13-30(14-16(3)4)23-10-7-18(17(5)27-6)11-22(23)29-24(31)28-21-9-8-19(25)12-20(21)26;1-7(2,3)6-5-4;2*1-2;;;;;;/h3*6-11,14-16H,12-13H2,1-5H3,(H2,27,28,34)(H,29,30,31,32);7-12,15-17H,13-14H2,1-5H3,(H2,28,29,31);1-3H3;2*1H2,2H3;;5*1H/q;;;;;;;+1;;;;;/p-1. The number of aromatic nitrogens is 12. The predicted octanol–water partition coefficient (Wildman–Crippen LogP) is 28.3. The summed E-state index contributed by atoms with van der Waals surface area (Å²) in [6.45, 7) is 65.7. The second-order valence-corrected chi connectivity index (χ2v) is 49.0. The van der Waals surface area contributed by atoms with Crippen LogP contribution >= 0.6 is 10.0 Å². The van der Waals surface area contributed by atoms with E-state index in [1.807, 2.05) is 107 Å². The van der Waals surface area contributed by atoms with Gasteiger partial charge >= 0.3 is 37.4 Å². The smallest absolute Gasteiger partial charge is 0.369 e. The summed E-state index contributed by atoms with van der Waals surface area (Å²) in [6, 6.07) is 32.1. The third-order valence-electron chi connectivity index (χ3n) is 21.5. The van der Waals surface area contributed by atoms with Crippen molar-refractivity contribution in [2.24, 2.45) is 52.1 Å². The minimum atomic E-state index is -1.45. The van der Waals surface area contributed by atoms with Gasteiger partial charge in [-0.3, -0.25) is 10.0 Å². The first-order valence-electron chi connectivity index (χ1n) is 48.8. The molecule has 0 fully saturated rings. The summed E-state index contributed by atoms with van der Waals surface area (Å²) < 4.78 is 113. The number of carbonyl (C=O) groups excluding carboxylic acids is 4. The molecule has 11 N–H and O–H groups in total. The molecule has 0 radical (unpaired) electrons. The Morgan fingerprint density at radius 2 is 0.575 bits per heavy atom. The lowest BCUT2D eigenvalue weighted by molar-refractivity contribution is 0.261. The highest BCUT2D eigenvalue weighted by atomic mass is 35.6. The maximum atomic E-state index is 14.1. The number of tetrazole rings is 3. The molecule has 0 aliphatic heterocycles. The lowest BCUT2D eigenvalue weighted by Gasteiger charge is -2.31. The molecule has 0 aliphatic carbocycles. The van der Waals surface area contributed by atoms with Crippen LogP contribution in [0.15, 0.2) is 150 Å². The number of anilines is 12. The van der Waals surface area contributed by atoms with Gasteiger partial charge < -0.3 is 67.0 Å². The molecule has 0 saturated carbocycles. The highest BCUT2D eigenvalue weighted by molar-refractivity contribution is 7.06. The van der Waals surface area contributed by atoms with E-state index in [0.717, 1.165) is 140 Å². The number of halogens is 9. The lowest BCUT2D eigenvalue weighted by Crippen LogP contribution is -2.32. The molecular formula is C103H150AlClF8N28O4Si. The van der Waals surface area contributed by atoms with E-state index >= 15 is 0 Å². The van der Waals surface area contributed by atoms with Crippen LogP contribution in [0.1, 0.15) is 222 Å². The minimum absolute atomic E-state index is 0. The van der Waals surface area contributed by atoms with E-state index in [4.69, 9.17) is 22.2 Å². The molecule has 4 unspecified atom stereocenters. The average Bonchev–Trinajstić information content (AvgIpc) is 1.30. The van der Waals surface area contributed by atoms with E-state index in [2.05, 4.69) is 263 Å². The number of nitrogens with zero attached hydrogens (tertiary/aromatic N) is 17. The van der Waals surface area contributed by atoms with Crippen molar-refractivity contribution in [3.8, 4) is 0 Å². The Bertz CT molecular complexity index is 5580. The average molecular weight is 2090 g/mol. The molecule has 8 aromatic carbocycles. The van der Waals surface area contributed by atoms with Crippen LogP contribution in [0.4, 0.5) is 123 Å². The Morgan fingerprint density at radius 3 is 0.740 bits per heavy atom. The maximum Gasteiger partial charge on any atom is 0.399 e. The van der Waals surface area contributed by atoms with Gasteiger partial charge in [0.15, 0.2) is 17.5 Å². The third-order valence-corrected chi connectivity index (χ3v) is 25.8. The van der Waals surface area contributed by atoms with Crippen LogP contribution in [0.3, 0.4) is 0 Å². The van der Waals surface area contributed by atoms with Gasteiger partial charge in [-0.1, -0.05) is 209 Å². The number of aromatic amines is 3. The van der Waals surface area contributed by atoms with Gasteiger partial charge in [-0.25, -0.2) is 60.9 Å². The van der Waals surface area contributed by atoms with Gasteiger partial charge in [0, 0.05) is 113 Å². The zero-order valence-corrected chi connectivity index (χ0v) is 91.0. The van der Waals surface area contributed by atoms with Gasteiger partial charge in [0.05, 0.1) is 68.2 Å². The Hall–Kier alpha value is -13.5. The number of benzene rings is 8. The van der Waals surface area contributed by atoms with Crippen LogP contribution in [-0.2, 0) is 0 Å². The Labute approximate surface area is 867 Å². The molecule has 0 spiro atoms. The number of rotatable bonds is 38. The fourth-order valence-corrected chi connectivity index (χ4v) is 15.7. The fraction of sp³-hybridized carbons (Fsp3) is 0.456. The molecule has 43 heteroatoms. The number of amides is 8. The molecule has 0 aliphatic rings. The molecule has 3 heterocycles. The Morgan fingerprint density at radius 1 is 0.363 bits per heavy atom. The number of hydrogen-bond donors (Lipinski definition) is 11. The summed E-state index contributed by atoms with van der Waals surface area (Å²) in [5.74, 6) is -2.04. The van der Waals surface area contributed by atoms with Gasteiger partial charge in [-0.2, -0.15) is 15.6 Å². The molecule has 32 nitrogen and oxygen atoms in total. The third kappa shape index (κ3) is 41.6. The van der Waals surface area contributed by atoms with Crippen molar-refractivity contribution in [2.75, 3.05) is 114 Å². The van der Waals surface area contributed by atoms with Gasteiger partial charge in [0.1, 0.15) is 54.8 Å². The molecular weight excluding hydrogens is 1940 g/mol. The molecule has 0 bridgehead atoms. The van der Waals surface area contributed by atoms with E-state index in [-0.39, 0.29) is 52.3 Å². The molecule has 146 heavy (non-hydrogen) atoms. The molecule has 11 rings (SSSR count). The second-order valence-electron chi connectivity index (χ2n) is 39.7. The quantitative estimate of drug-likeness (QED) is 0.00427. The monoisotopic (exact) mass is 2090 g/mol. The largest absolute Gasteiger partial charge is 0.399 e. The zero-order valence-electron chi connectivity index (χ0n) is 88.1. The number of nitrogens with one attached hydrogen (secondary N) is 11. The number of hydrogen-bond acceptors (Lipinski definition) is 18.